The quantitative estimate of drug-likeness (QED) is 0.626. The van der Waals surface area contributed by atoms with E-state index in [4.69, 9.17) is 9.47 Å². The van der Waals surface area contributed by atoms with Crippen LogP contribution in [0.2, 0.25) is 0 Å². The first-order valence-corrected chi connectivity index (χ1v) is 9.53. The molecule has 1 aromatic carbocycles. The lowest BCUT2D eigenvalue weighted by molar-refractivity contribution is -0.121. The molecule has 1 unspecified atom stereocenters. The molecule has 1 aliphatic heterocycles. The molecule has 1 atom stereocenters. The van der Waals surface area contributed by atoms with Crippen molar-refractivity contribution in [1.29, 1.82) is 0 Å². The Kier molecular flexibility index (Phi) is 6.50. The third kappa shape index (κ3) is 4.55. The van der Waals surface area contributed by atoms with Gasteiger partial charge in [-0.05, 0) is 61.9 Å². The van der Waals surface area contributed by atoms with E-state index in [2.05, 4.69) is 15.8 Å². The van der Waals surface area contributed by atoms with Gasteiger partial charge in [0.1, 0.15) is 0 Å². The molecule has 1 aliphatic carbocycles. The van der Waals surface area contributed by atoms with Crippen molar-refractivity contribution in [2.45, 2.75) is 57.4 Å². The van der Waals surface area contributed by atoms with Gasteiger partial charge >= 0.3 is 0 Å². The molecule has 0 spiro atoms. The molecule has 0 aromatic heterocycles. The first-order valence-electron chi connectivity index (χ1n) is 9.53. The summed E-state index contributed by atoms with van der Waals surface area (Å²) in [6.45, 7) is 0.842. The van der Waals surface area contributed by atoms with Crippen LogP contribution in [0.5, 0.6) is 11.5 Å². The molecule has 1 saturated carbocycles. The Balaban J connectivity index is 1.67. The molecule has 1 heterocycles. The summed E-state index contributed by atoms with van der Waals surface area (Å²) in [6.07, 6.45) is 8.16. The zero-order chi connectivity index (χ0) is 18.4. The second-order valence-corrected chi connectivity index (χ2v) is 6.99. The molecule has 6 nitrogen and oxygen atoms in total. The van der Waals surface area contributed by atoms with Crippen LogP contribution in [0.25, 0.3) is 0 Å². The Bertz CT molecular complexity index is 663. The van der Waals surface area contributed by atoms with Crippen LogP contribution in [0.3, 0.4) is 0 Å². The van der Waals surface area contributed by atoms with E-state index in [9.17, 15) is 4.79 Å². The lowest BCUT2D eigenvalue weighted by Gasteiger charge is -2.27. The van der Waals surface area contributed by atoms with E-state index < -0.39 is 0 Å². The van der Waals surface area contributed by atoms with Crippen molar-refractivity contribution in [3.63, 3.8) is 0 Å². The van der Waals surface area contributed by atoms with E-state index in [1.54, 1.807) is 14.2 Å². The average molecular weight is 359 g/mol. The van der Waals surface area contributed by atoms with Gasteiger partial charge in [-0.2, -0.15) is 5.10 Å². The number of ether oxygens (including phenoxy) is 2. The number of carbonyl (C=O) groups is 1. The Hall–Kier alpha value is -2.08. The second kappa shape index (κ2) is 9.03. The van der Waals surface area contributed by atoms with E-state index in [1.165, 1.54) is 31.2 Å². The number of hydrogen-bond donors (Lipinski definition) is 2. The van der Waals surface area contributed by atoms with Crippen molar-refractivity contribution in [3.05, 3.63) is 23.3 Å². The van der Waals surface area contributed by atoms with Crippen LogP contribution in [0.4, 0.5) is 0 Å². The standard InChI is InChI=1S/C20H29N3O3/c1-25-18-11-14-9-10-21-17(16(14)12-19(18)26-2)13-20(24)23-22-15-7-5-3-4-6-8-15/h11-12,17,21H,3-10,13H2,1-2H3,(H,23,24). The molecule has 2 aliphatic rings. The van der Waals surface area contributed by atoms with Crippen molar-refractivity contribution in [2.75, 3.05) is 20.8 Å². The van der Waals surface area contributed by atoms with Gasteiger partial charge in [0.2, 0.25) is 5.91 Å². The Morgan fingerprint density at radius 3 is 2.50 bits per heavy atom. The van der Waals surface area contributed by atoms with Gasteiger partial charge in [0.05, 0.1) is 14.2 Å². The predicted octanol–water partition coefficient (Wildman–Crippen LogP) is 3.11. The molecular formula is C20H29N3O3. The smallest absolute Gasteiger partial charge is 0.241 e. The molecule has 0 saturated heterocycles. The third-order valence-electron chi connectivity index (χ3n) is 5.21. The molecule has 142 valence electrons. The van der Waals surface area contributed by atoms with Gasteiger partial charge in [0, 0.05) is 18.2 Å². The van der Waals surface area contributed by atoms with Crippen LogP contribution < -0.4 is 20.2 Å². The third-order valence-corrected chi connectivity index (χ3v) is 5.21. The van der Waals surface area contributed by atoms with Crippen LogP contribution in [0.15, 0.2) is 17.2 Å². The molecule has 1 amide bonds. The highest BCUT2D eigenvalue weighted by Gasteiger charge is 2.24. The number of methoxy groups -OCH3 is 2. The van der Waals surface area contributed by atoms with Crippen molar-refractivity contribution in [2.24, 2.45) is 5.10 Å². The van der Waals surface area contributed by atoms with Crippen molar-refractivity contribution >= 4 is 11.6 Å². The van der Waals surface area contributed by atoms with Crippen molar-refractivity contribution in [3.8, 4) is 11.5 Å². The van der Waals surface area contributed by atoms with Gasteiger partial charge < -0.3 is 14.8 Å². The second-order valence-electron chi connectivity index (χ2n) is 6.99. The van der Waals surface area contributed by atoms with Crippen LogP contribution >= 0.6 is 0 Å². The summed E-state index contributed by atoms with van der Waals surface area (Å²) in [5.41, 5.74) is 6.19. The predicted molar refractivity (Wildman–Crippen MR) is 102 cm³/mol. The summed E-state index contributed by atoms with van der Waals surface area (Å²) < 4.78 is 10.8. The first-order chi connectivity index (χ1) is 12.7. The molecule has 0 bridgehead atoms. The fourth-order valence-electron chi connectivity index (χ4n) is 3.77. The topological polar surface area (TPSA) is 72.0 Å². The van der Waals surface area contributed by atoms with E-state index in [0.29, 0.717) is 12.2 Å². The van der Waals surface area contributed by atoms with E-state index in [0.717, 1.165) is 42.8 Å². The number of benzene rings is 1. The molecule has 3 rings (SSSR count). The summed E-state index contributed by atoms with van der Waals surface area (Å²) in [7, 11) is 3.27. The Morgan fingerprint density at radius 2 is 1.81 bits per heavy atom. The molecule has 26 heavy (non-hydrogen) atoms. The van der Waals surface area contributed by atoms with Gasteiger partial charge in [0.25, 0.3) is 0 Å². The van der Waals surface area contributed by atoms with Crippen molar-refractivity contribution < 1.29 is 14.3 Å². The summed E-state index contributed by atoms with van der Waals surface area (Å²) in [4.78, 5) is 12.4. The minimum absolute atomic E-state index is 0.0344. The molecule has 6 heteroatoms. The lowest BCUT2D eigenvalue weighted by Crippen LogP contribution is -2.34. The van der Waals surface area contributed by atoms with Crippen LogP contribution in [0.1, 0.15) is 62.1 Å². The van der Waals surface area contributed by atoms with Crippen LogP contribution in [-0.2, 0) is 11.2 Å². The van der Waals surface area contributed by atoms with Gasteiger partial charge in [0.15, 0.2) is 11.5 Å². The minimum Gasteiger partial charge on any atom is -0.493 e. The molecular weight excluding hydrogens is 330 g/mol. The maximum absolute atomic E-state index is 12.4. The number of carbonyl (C=O) groups excluding carboxylic acids is 1. The number of amides is 1. The highest BCUT2D eigenvalue weighted by Crippen LogP contribution is 2.36. The lowest BCUT2D eigenvalue weighted by atomic mass is 9.91. The normalized spacial score (nSPS) is 19.9. The molecule has 1 aromatic rings. The molecule has 1 fully saturated rings. The Labute approximate surface area is 155 Å². The summed E-state index contributed by atoms with van der Waals surface area (Å²) in [5.74, 6) is 1.37. The maximum atomic E-state index is 12.4. The highest BCUT2D eigenvalue weighted by atomic mass is 16.5. The van der Waals surface area contributed by atoms with Gasteiger partial charge in [-0.15, -0.1) is 0 Å². The number of hydrogen-bond acceptors (Lipinski definition) is 5. The van der Waals surface area contributed by atoms with Gasteiger partial charge in [-0.25, -0.2) is 5.43 Å². The molecule has 2 N–H and O–H groups in total. The fraction of sp³-hybridized carbons (Fsp3) is 0.600. The monoisotopic (exact) mass is 359 g/mol. The van der Waals surface area contributed by atoms with E-state index in [-0.39, 0.29) is 11.9 Å². The highest BCUT2D eigenvalue weighted by molar-refractivity contribution is 5.86. The minimum atomic E-state index is -0.0538. The number of rotatable bonds is 5. The largest absolute Gasteiger partial charge is 0.493 e. The first kappa shape index (κ1) is 18.7. The summed E-state index contributed by atoms with van der Waals surface area (Å²) in [5, 5.41) is 7.81. The SMILES string of the molecule is COc1cc2c(cc1OC)C(CC(=O)NN=C1CCCCCC1)NCC2. The number of hydrazone groups is 1. The van der Waals surface area contributed by atoms with Gasteiger partial charge in [-0.3, -0.25) is 4.79 Å². The fourth-order valence-corrected chi connectivity index (χ4v) is 3.77. The molecule has 0 radical (unpaired) electrons. The summed E-state index contributed by atoms with van der Waals surface area (Å²) >= 11 is 0. The van der Waals surface area contributed by atoms with E-state index >= 15 is 0 Å². The van der Waals surface area contributed by atoms with E-state index in [1.807, 2.05) is 12.1 Å². The van der Waals surface area contributed by atoms with Crippen LogP contribution in [-0.4, -0.2) is 32.4 Å². The number of fused-ring (bicyclic) bond motifs is 1. The number of nitrogens with zero attached hydrogens (tertiary/aromatic N) is 1. The average Bonchev–Trinajstić information content (AvgIpc) is 2.94. The number of nitrogens with one attached hydrogen (secondary N) is 2. The zero-order valence-electron chi connectivity index (χ0n) is 15.8. The van der Waals surface area contributed by atoms with Gasteiger partial charge in [-0.1, -0.05) is 12.8 Å². The van der Waals surface area contributed by atoms with Crippen LogP contribution in [0, 0.1) is 0 Å². The zero-order valence-corrected chi connectivity index (χ0v) is 15.8. The summed E-state index contributed by atoms with van der Waals surface area (Å²) in [6, 6.07) is 3.97. The Morgan fingerprint density at radius 1 is 1.12 bits per heavy atom. The maximum Gasteiger partial charge on any atom is 0.241 e. The van der Waals surface area contributed by atoms with Crippen molar-refractivity contribution in [1.82, 2.24) is 10.7 Å².